The molecular weight excluding hydrogens is 250 g/mol. The van der Waals surface area contributed by atoms with Crippen LogP contribution in [0.25, 0.3) is 20.5 Å². The van der Waals surface area contributed by atoms with Crippen molar-refractivity contribution < 1.29 is 0 Å². The van der Waals surface area contributed by atoms with Gasteiger partial charge in [-0.3, -0.25) is 0 Å². The normalized spacial score (nSPS) is 10.9. The van der Waals surface area contributed by atoms with Crippen LogP contribution in [-0.4, -0.2) is 0 Å². The number of fused-ring (bicyclic) bond motifs is 1. The van der Waals surface area contributed by atoms with E-state index in [1.165, 1.54) is 0 Å². The summed E-state index contributed by atoms with van der Waals surface area (Å²) in [5.74, 6) is 0. The minimum atomic E-state index is 0.721. The Morgan fingerprint density at radius 3 is 2.41 bits per heavy atom. The molecular formula is C14H10ClNS. The third-order valence-corrected chi connectivity index (χ3v) is 4.27. The molecule has 0 saturated heterocycles. The molecule has 0 atom stereocenters. The Morgan fingerprint density at radius 2 is 1.71 bits per heavy atom. The summed E-state index contributed by atoms with van der Waals surface area (Å²) < 4.78 is 1.13. The number of thiophene rings is 1. The first-order valence-corrected chi connectivity index (χ1v) is 6.49. The topological polar surface area (TPSA) is 26.0 Å². The predicted molar refractivity (Wildman–Crippen MR) is 76.7 cm³/mol. The molecule has 0 radical (unpaired) electrons. The van der Waals surface area contributed by atoms with Gasteiger partial charge in [-0.1, -0.05) is 48.0 Å². The molecule has 1 heterocycles. The highest BCUT2D eigenvalue weighted by molar-refractivity contribution is 7.23. The molecule has 1 nitrogen and oxygen atoms in total. The van der Waals surface area contributed by atoms with E-state index in [-0.39, 0.29) is 0 Å². The lowest BCUT2D eigenvalue weighted by Gasteiger charge is -1.99. The highest BCUT2D eigenvalue weighted by atomic mass is 35.5. The van der Waals surface area contributed by atoms with Gasteiger partial charge in [0.25, 0.3) is 0 Å². The van der Waals surface area contributed by atoms with Gasteiger partial charge in [0.2, 0.25) is 0 Å². The Hall–Kier alpha value is -1.51. The predicted octanol–water partition coefficient (Wildman–Crippen LogP) is 4.80. The van der Waals surface area contributed by atoms with E-state index in [1.54, 1.807) is 11.3 Å². The summed E-state index contributed by atoms with van der Waals surface area (Å²) in [6.07, 6.45) is 0. The Morgan fingerprint density at radius 1 is 0.941 bits per heavy atom. The first-order chi connectivity index (χ1) is 8.27. The smallest absolute Gasteiger partial charge is 0.0598 e. The van der Waals surface area contributed by atoms with Crippen molar-refractivity contribution in [3.05, 3.63) is 53.6 Å². The summed E-state index contributed by atoms with van der Waals surface area (Å²) in [5.41, 5.74) is 8.12. The Balaban J connectivity index is 2.33. The number of hydrogen-bond acceptors (Lipinski definition) is 2. The monoisotopic (exact) mass is 259 g/mol. The van der Waals surface area contributed by atoms with Crippen LogP contribution in [0.15, 0.2) is 48.5 Å². The first-order valence-electron chi connectivity index (χ1n) is 5.29. The summed E-state index contributed by atoms with van der Waals surface area (Å²) in [7, 11) is 0. The number of anilines is 1. The molecule has 0 spiro atoms. The third kappa shape index (κ3) is 1.70. The van der Waals surface area contributed by atoms with Crippen LogP contribution in [0, 0.1) is 0 Å². The molecule has 0 unspecified atom stereocenters. The SMILES string of the molecule is Nc1c(-c2ccccc2)sc2cccc(Cl)c12. The largest absolute Gasteiger partial charge is 0.397 e. The van der Waals surface area contributed by atoms with Crippen molar-refractivity contribution in [3.63, 3.8) is 0 Å². The molecule has 0 bridgehead atoms. The van der Waals surface area contributed by atoms with Gasteiger partial charge in [-0.2, -0.15) is 0 Å². The molecule has 0 aliphatic heterocycles. The Kier molecular flexibility index (Phi) is 2.54. The van der Waals surface area contributed by atoms with Crippen LogP contribution in [0.1, 0.15) is 0 Å². The second kappa shape index (κ2) is 4.06. The van der Waals surface area contributed by atoms with Crippen LogP contribution < -0.4 is 5.73 Å². The summed E-state index contributed by atoms with van der Waals surface area (Å²) >= 11 is 7.87. The van der Waals surface area contributed by atoms with Crippen molar-refractivity contribution in [1.29, 1.82) is 0 Å². The number of rotatable bonds is 1. The number of halogens is 1. The highest BCUT2D eigenvalue weighted by Crippen LogP contribution is 2.43. The van der Waals surface area contributed by atoms with Gasteiger partial charge in [-0.25, -0.2) is 0 Å². The van der Waals surface area contributed by atoms with Crippen LogP contribution in [0.4, 0.5) is 5.69 Å². The molecule has 17 heavy (non-hydrogen) atoms. The van der Waals surface area contributed by atoms with Crippen LogP contribution in [0.2, 0.25) is 5.02 Å². The maximum absolute atomic E-state index is 6.20. The second-order valence-electron chi connectivity index (χ2n) is 3.82. The summed E-state index contributed by atoms with van der Waals surface area (Å²) in [4.78, 5) is 1.09. The van der Waals surface area contributed by atoms with Gasteiger partial charge < -0.3 is 5.73 Å². The minimum absolute atomic E-state index is 0.721. The fourth-order valence-corrected chi connectivity index (χ4v) is 3.42. The highest BCUT2D eigenvalue weighted by Gasteiger charge is 2.12. The van der Waals surface area contributed by atoms with Gasteiger partial charge >= 0.3 is 0 Å². The van der Waals surface area contributed by atoms with Crippen LogP contribution in [0.3, 0.4) is 0 Å². The van der Waals surface area contributed by atoms with Gasteiger partial charge in [0, 0.05) is 10.1 Å². The van der Waals surface area contributed by atoms with Gasteiger partial charge in [0.05, 0.1) is 15.6 Å². The lowest BCUT2D eigenvalue weighted by atomic mass is 10.1. The van der Waals surface area contributed by atoms with E-state index in [4.69, 9.17) is 17.3 Å². The molecule has 3 aromatic rings. The Bertz CT molecular complexity index is 673. The first kappa shape index (κ1) is 10.6. The van der Waals surface area contributed by atoms with E-state index in [0.717, 1.165) is 31.2 Å². The zero-order chi connectivity index (χ0) is 11.8. The maximum Gasteiger partial charge on any atom is 0.0598 e. The van der Waals surface area contributed by atoms with Gasteiger partial charge in [0.1, 0.15) is 0 Å². The van der Waals surface area contributed by atoms with Crippen molar-refractivity contribution in [1.82, 2.24) is 0 Å². The third-order valence-electron chi connectivity index (χ3n) is 2.74. The molecule has 0 amide bonds. The molecule has 2 N–H and O–H groups in total. The van der Waals surface area contributed by atoms with Crippen molar-refractivity contribution in [2.75, 3.05) is 5.73 Å². The van der Waals surface area contributed by atoms with Crippen LogP contribution in [-0.2, 0) is 0 Å². The number of nitrogen functional groups attached to an aromatic ring is 1. The molecule has 0 fully saturated rings. The zero-order valence-corrected chi connectivity index (χ0v) is 10.6. The van der Waals surface area contributed by atoms with Crippen molar-refractivity contribution >= 4 is 38.7 Å². The standard InChI is InChI=1S/C14H10ClNS/c15-10-7-4-8-11-12(10)13(16)14(17-11)9-5-2-1-3-6-9/h1-8H,16H2. The van der Waals surface area contributed by atoms with E-state index in [9.17, 15) is 0 Å². The fourth-order valence-electron chi connectivity index (χ4n) is 1.93. The van der Waals surface area contributed by atoms with E-state index in [0.29, 0.717) is 0 Å². The molecule has 2 aromatic carbocycles. The van der Waals surface area contributed by atoms with E-state index in [1.807, 2.05) is 30.3 Å². The molecule has 0 aliphatic carbocycles. The second-order valence-corrected chi connectivity index (χ2v) is 5.28. The number of nitrogens with two attached hydrogens (primary N) is 1. The quantitative estimate of drug-likeness (QED) is 0.667. The van der Waals surface area contributed by atoms with Crippen molar-refractivity contribution in [2.45, 2.75) is 0 Å². The van der Waals surface area contributed by atoms with Crippen molar-refractivity contribution in [2.24, 2.45) is 0 Å². The van der Waals surface area contributed by atoms with Gasteiger partial charge in [-0.05, 0) is 17.7 Å². The van der Waals surface area contributed by atoms with Gasteiger partial charge in [0.15, 0.2) is 0 Å². The van der Waals surface area contributed by atoms with E-state index >= 15 is 0 Å². The lowest BCUT2D eigenvalue weighted by molar-refractivity contribution is 1.70. The summed E-state index contributed by atoms with van der Waals surface area (Å²) in [6, 6.07) is 16.0. The maximum atomic E-state index is 6.20. The van der Waals surface area contributed by atoms with Crippen LogP contribution >= 0.6 is 22.9 Å². The number of hydrogen-bond donors (Lipinski definition) is 1. The molecule has 0 aliphatic rings. The average Bonchev–Trinajstić information content (AvgIpc) is 2.69. The fraction of sp³-hybridized carbons (Fsp3) is 0. The van der Waals surface area contributed by atoms with Crippen LogP contribution in [0.5, 0.6) is 0 Å². The molecule has 1 aromatic heterocycles. The summed E-state index contributed by atoms with van der Waals surface area (Å²) in [6.45, 7) is 0. The average molecular weight is 260 g/mol. The zero-order valence-electron chi connectivity index (χ0n) is 8.98. The molecule has 3 rings (SSSR count). The van der Waals surface area contributed by atoms with Crippen molar-refractivity contribution in [3.8, 4) is 10.4 Å². The molecule has 84 valence electrons. The minimum Gasteiger partial charge on any atom is -0.397 e. The Labute approximate surface area is 108 Å². The molecule has 0 saturated carbocycles. The van der Waals surface area contributed by atoms with E-state index < -0.39 is 0 Å². The number of benzene rings is 2. The summed E-state index contributed by atoms with van der Waals surface area (Å²) in [5, 5.41) is 1.69. The molecule has 3 heteroatoms. The van der Waals surface area contributed by atoms with E-state index in [2.05, 4.69) is 18.2 Å². The lowest BCUT2D eigenvalue weighted by Crippen LogP contribution is -1.85. The van der Waals surface area contributed by atoms with Gasteiger partial charge in [-0.15, -0.1) is 11.3 Å².